The summed E-state index contributed by atoms with van der Waals surface area (Å²) in [6, 6.07) is 10.8. The zero-order valence-corrected chi connectivity index (χ0v) is 21.2. The molecule has 7 heteroatoms. The molecule has 186 valence electrons. The highest BCUT2D eigenvalue weighted by Gasteiger charge is 2.28. The summed E-state index contributed by atoms with van der Waals surface area (Å²) in [6.45, 7) is 12.7. The Balaban J connectivity index is 2.33. The molecule has 0 aromatic heterocycles. The van der Waals surface area contributed by atoms with E-state index in [1.807, 2.05) is 39.8 Å². The zero-order chi connectivity index (χ0) is 25.7. The number of aliphatic hydroxyl groups excluding tert-OH is 1. The fourth-order valence-electron chi connectivity index (χ4n) is 3.64. The molecule has 0 aliphatic rings. The lowest BCUT2D eigenvalue weighted by atomic mass is 9.91. The molecule has 0 fully saturated rings. The average Bonchev–Trinajstić information content (AvgIpc) is 2.66. The van der Waals surface area contributed by atoms with Gasteiger partial charge in [0.05, 0.1) is 12.1 Å². The molecule has 2 rings (SSSR count). The molecular formula is C27H37FN2O4. The summed E-state index contributed by atoms with van der Waals surface area (Å²) in [4.78, 5) is 25.5. The van der Waals surface area contributed by atoms with E-state index in [-0.39, 0.29) is 18.7 Å². The second kappa shape index (κ2) is 11.0. The SMILES string of the molecule is Cc1cccc(C[C@@H](O)[C@@H](Cc2ccccc2F)NC(=O)OC(C)(C)C)c1C(=O)NC(C)(C)C. The molecule has 0 spiro atoms. The molecule has 0 unspecified atom stereocenters. The minimum absolute atomic E-state index is 0.0580. The number of alkyl carbamates (subject to hydrolysis) is 1. The monoisotopic (exact) mass is 472 g/mol. The quantitative estimate of drug-likeness (QED) is 0.545. The first kappa shape index (κ1) is 27.3. The molecule has 0 heterocycles. The van der Waals surface area contributed by atoms with Crippen molar-refractivity contribution < 1.29 is 23.8 Å². The van der Waals surface area contributed by atoms with Crippen LogP contribution >= 0.6 is 0 Å². The number of hydrogen-bond acceptors (Lipinski definition) is 4. The second-order valence-electron chi connectivity index (χ2n) is 10.6. The minimum atomic E-state index is -1.10. The lowest BCUT2D eigenvalue weighted by Gasteiger charge is -2.28. The van der Waals surface area contributed by atoms with Gasteiger partial charge in [-0.05, 0) is 77.6 Å². The number of rotatable bonds is 7. The van der Waals surface area contributed by atoms with E-state index >= 15 is 0 Å². The van der Waals surface area contributed by atoms with Crippen molar-refractivity contribution in [3.63, 3.8) is 0 Å². The van der Waals surface area contributed by atoms with Gasteiger partial charge in [-0.25, -0.2) is 9.18 Å². The van der Waals surface area contributed by atoms with Crippen LogP contribution in [0.25, 0.3) is 0 Å². The van der Waals surface area contributed by atoms with E-state index in [9.17, 15) is 19.1 Å². The predicted molar refractivity (Wildman–Crippen MR) is 131 cm³/mol. The molecule has 0 saturated heterocycles. The summed E-state index contributed by atoms with van der Waals surface area (Å²) < 4.78 is 19.7. The van der Waals surface area contributed by atoms with Crippen molar-refractivity contribution in [3.05, 3.63) is 70.5 Å². The maximum Gasteiger partial charge on any atom is 0.407 e. The maximum absolute atomic E-state index is 14.4. The molecule has 2 aromatic rings. The van der Waals surface area contributed by atoms with Crippen molar-refractivity contribution in [3.8, 4) is 0 Å². The number of hydrogen-bond donors (Lipinski definition) is 3. The van der Waals surface area contributed by atoms with Crippen molar-refractivity contribution in [2.45, 2.75) is 84.6 Å². The molecule has 3 N–H and O–H groups in total. The van der Waals surface area contributed by atoms with Gasteiger partial charge in [-0.15, -0.1) is 0 Å². The van der Waals surface area contributed by atoms with Crippen LogP contribution in [0.4, 0.5) is 9.18 Å². The number of carbonyl (C=O) groups excluding carboxylic acids is 2. The summed E-state index contributed by atoms with van der Waals surface area (Å²) >= 11 is 0. The first-order chi connectivity index (χ1) is 15.7. The molecule has 34 heavy (non-hydrogen) atoms. The molecule has 0 saturated carbocycles. The number of carbonyl (C=O) groups is 2. The van der Waals surface area contributed by atoms with E-state index in [4.69, 9.17) is 4.74 Å². The van der Waals surface area contributed by atoms with Crippen LogP contribution in [-0.4, -0.2) is 40.4 Å². The number of nitrogens with one attached hydrogen (secondary N) is 2. The maximum atomic E-state index is 14.4. The Labute approximate surface area is 201 Å². The number of aliphatic hydroxyl groups is 1. The average molecular weight is 473 g/mol. The van der Waals surface area contributed by atoms with Crippen molar-refractivity contribution in [1.82, 2.24) is 10.6 Å². The molecule has 0 bridgehead atoms. The first-order valence-electron chi connectivity index (χ1n) is 11.5. The Hall–Kier alpha value is -2.93. The smallest absolute Gasteiger partial charge is 0.407 e. The fraction of sp³-hybridized carbons (Fsp3) is 0.481. The van der Waals surface area contributed by atoms with Gasteiger partial charge < -0.3 is 20.5 Å². The Kier molecular flexibility index (Phi) is 8.83. The molecule has 0 aliphatic carbocycles. The Bertz CT molecular complexity index is 1010. The highest BCUT2D eigenvalue weighted by atomic mass is 19.1. The topological polar surface area (TPSA) is 87.7 Å². The Morgan fingerprint density at radius 2 is 1.59 bits per heavy atom. The second-order valence-corrected chi connectivity index (χ2v) is 10.6. The van der Waals surface area contributed by atoms with Crippen LogP contribution in [0.5, 0.6) is 0 Å². The van der Waals surface area contributed by atoms with Crippen molar-refractivity contribution in [2.75, 3.05) is 0 Å². The molecule has 2 amide bonds. The van der Waals surface area contributed by atoms with Gasteiger partial charge in [0.1, 0.15) is 11.4 Å². The van der Waals surface area contributed by atoms with Crippen LogP contribution in [0.1, 0.15) is 68.6 Å². The first-order valence-corrected chi connectivity index (χ1v) is 11.5. The minimum Gasteiger partial charge on any atom is -0.444 e. The van der Waals surface area contributed by atoms with Crippen LogP contribution in [0.3, 0.4) is 0 Å². The molecule has 6 nitrogen and oxygen atoms in total. The van der Waals surface area contributed by atoms with Crippen LogP contribution in [0.15, 0.2) is 42.5 Å². The van der Waals surface area contributed by atoms with Gasteiger partial charge in [-0.3, -0.25) is 4.79 Å². The molecule has 0 aliphatic heterocycles. The van der Waals surface area contributed by atoms with Gasteiger partial charge in [-0.1, -0.05) is 36.4 Å². The number of ether oxygens (including phenoxy) is 1. The van der Waals surface area contributed by atoms with Crippen LogP contribution in [0, 0.1) is 12.7 Å². The highest BCUT2D eigenvalue weighted by Crippen LogP contribution is 2.20. The fourth-order valence-corrected chi connectivity index (χ4v) is 3.64. The normalized spacial score (nSPS) is 13.7. The third kappa shape index (κ3) is 8.45. The lowest BCUT2D eigenvalue weighted by Crippen LogP contribution is -2.48. The van der Waals surface area contributed by atoms with Crippen LogP contribution in [-0.2, 0) is 17.6 Å². The van der Waals surface area contributed by atoms with E-state index in [0.29, 0.717) is 16.7 Å². The predicted octanol–water partition coefficient (Wildman–Crippen LogP) is 4.70. The van der Waals surface area contributed by atoms with Gasteiger partial charge in [0, 0.05) is 17.5 Å². The Morgan fingerprint density at radius 3 is 2.18 bits per heavy atom. The molecule has 2 aromatic carbocycles. The van der Waals surface area contributed by atoms with Crippen LogP contribution < -0.4 is 10.6 Å². The third-order valence-corrected chi connectivity index (χ3v) is 5.07. The summed E-state index contributed by atoms with van der Waals surface area (Å²) in [6.07, 6.45) is -1.66. The Morgan fingerprint density at radius 1 is 0.971 bits per heavy atom. The summed E-state index contributed by atoms with van der Waals surface area (Å²) in [5, 5.41) is 16.8. The molecule has 2 atom stereocenters. The molecular weight excluding hydrogens is 435 g/mol. The third-order valence-electron chi connectivity index (χ3n) is 5.07. The number of benzene rings is 2. The van der Waals surface area contributed by atoms with Gasteiger partial charge in [0.15, 0.2) is 0 Å². The summed E-state index contributed by atoms with van der Waals surface area (Å²) in [5.41, 5.74) is 1.10. The van der Waals surface area contributed by atoms with Gasteiger partial charge in [0.2, 0.25) is 0 Å². The van der Waals surface area contributed by atoms with E-state index in [0.717, 1.165) is 5.56 Å². The van der Waals surface area contributed by atoms with Crippen molar-refractivity contribution in [1.29, 1.82) is 0 Å². The lowest BCUT2D eigenvalue weighted by molar-refractivity contribution is 0.0421. The number of amides is 2. The summed E-state index contributed by atoms with van der Waals surface area (Å²) in [7, 11) is 0. The van der Waals surface area contributed by atoms with Crippen LogP contribution in [0.2, 0.25) is 0 Å². The highest BCUT2D eigenvalue weighted by molar-refractivity contribution is 5.97. The largest absolute Gasteiger partial charge is 0.444 e. The van der Waals surface area contributed by atoms with E-state index in [1.54, 1.807) is 45.0 Å². The van der Waals surface area contributed by atoms with E-state index in [1.165, 1.54) is 6.07 Å². The zero-order valence-electron chi connectivity index (χ0n) is 21.2. The van der Waals surface area contributed by atoms with E-state index < -0.39 is 35.2 Å². The molecule has 0 radical (unpaired) electrons. The van der Waals surface area contributed by atoms with Gasteiger partial charge in [0.25, 0.3) is 5.91 Å². The summed E-state index contributed by atoms with van der Waals surface area (Å²) in [5.74, 6) is -0.662. The number of aryl methyl sites for hydroxylation is 1. The van der Waals surface area contributed by atoms with Gasteiger partial charge >= 0.3 is 6.09 Å². The van der Waals surface area contributed by atoms with Crippen molar-refractivity contribution >= 4 is 12.0 Å². The van der Waals surface area contributed by atoms with Crippen molar-refractivity contribution in [2.24, 2.45) is 0 Å². The number of halogens is 1. The standard InChI is InChI=1S/C27H37FN2O4/c1-17-11-10-13-19(23(17)24(32)30-26(2,3)4)16-22(31)21(29-25(33)34-27(5,6)7)15-18-12-8-9-14-20(18)28/h8-14,21-22,31H,15-16H2,1-7H3,(H,29,33)(H,30,32)/t21-,22-/m1/s1. The van der Waals surface area contributed by atoms with E-state index in [2.05, 4.69) is 10.6 Å². The van der Waals surface area contributed by atoms with Gasteiger partial charge in [-0.2, -0.15) is 0 Å².